The van der Waals surface area contributed by atoms with E-state index in [0.717, 1.165) is 51.7 Å². The van der Waals surface area contributed by atoms with Gasteiger partial charge in [-0.1, -0.05) is 37.3 Å². The molecule has 0 spiro atoms. The molecule has 0 aliphatic rings. The SMILES string of the molecule is CC(C)CNc1ccc(Oc2ccc3nc(C(C)Oc4ccc(Cc5sc(=O)[nH]c5O)cc4)[nH]c3c2)cc1. The monoisotopic (exact) mass is 530 g/mol. The summed E-state index contributed by atoms with van der Waals surface area (Å²) in [5, 5.41) is 13.2. The van der Waals surface area contributed by atoms with E-state index < -0.39 is 0 Å². The Balaban J connectivity index is 1.21. The molecule has 8 nitrogen and oxygen atoms in total. The number of benzene rings is 3. The lowest BCUT2D eigenvalue weighted by atomic mass is 10.1. The van der Waals surface area contributed by atoms with Crippen LogP contribution in [0.25, 0.3) is 11.0 Å². The topological polar surface area (TPSA) is 112 Å². The molecule has 9 heteroatoms. The Bertz CT molecular complexity index is 1570. The van der Waals surface area contributed by atoms with Crippen LogP contribution in [0.5, 0.6) is 23.1 Å². The van der Waals surface area contributed by atoms with Gasteiger partial charge in [0.1, 0.15) is 23.1 Å². The lowest BCUT2D eigenvalue weighted by Crippen LogP contribution is -2.07. The van der Waals surface area contributed by atoms with E-state index in [1.807, 2.05) is 73.7 Å². The highest BCUT2D eigenvalue weighted by Crippen LogP contribution is 2.28. The van der Waals surface area contributed by atoms with Gasteiger partial charge in [0.25, 0.3) is 0 Å². The van der Waals surface area contributed by atoms with Gasteiger partial charge in [-0.2, -0.15) is 0 Å². The minimum absolute atomic E-state index is 0.0697. The van der Waals surface area contributed by atoms with Crippen LogP contribution in [0.4, 0.5) is 5.69 Å². The lowest BCUT2D eigenvalue weighted by Gasteiger charge is -2.12. The fourth-order valence-electron chi connectivity index (χ4n) is 3.97. The molecular weight excluding hydrogens is 500 g/mol. The van der Waals surface area contributed by atoms with E-state index in [4.69, 9.17) is 9.47 Å². The van der Waals surface area contributed by atoms with E-state index >= 15 is 0 Å². The number of rotatable bonds is 10. The normalized spacial score (nSPS) is 12.1. The summed E-state index contributed by atoms with van der Waals surface area (Å²) < 4.78 is 12.2. The summed E-state index contributed by atoms with van der Waals surface area (Å²) in [7, 11) is 0. The molecule has 2 aromatic heterocycles. The van der Waals surface area contributed by atoms with Crippen molar-refractivity contribution in [3.8, 4) is 23.1 Å². The Morgan fingerprint density at radius 1 is 0.947 bits per heavy atom. The smallest absolute Gasteiger partial charge is 0.307 e. The number of aromatic nitrogens is 3. The standard InChI is InChI=1S/C29H30N4O4S/c1-17(2)16-30-20-6-10-22(11-7-20)37-23-12-13-24-25(15-23)32-27(31-24)18(3)36-21-8-4-19(5-9-21)14-26-28(34)33-29(35)38-26/h4-13,15,17-18,30,34H,14,16H2,1-3H3,(H,31,32)(H,33,35). The van der Waals surface area contributed by atoms with E-state index in [-0.39, 0.29) is 16.9 Å². The van der Waals surface area contributed by atoms with Gasteiger partial charge in [0.2, 0.25) is 5.88 Å². The molecule has 196 valence electrons. The number of aromatic amines is 2. The van der Waals surface area contributed by atoms with Gasteiger partial charge in [0.15, 0.2) is 6.10 Å². The first-order valence-electron chi connectivity index (χ1n) is 12.5. The van der Waals surface area contributed by atoms with E-state index in [1.165, 1.54) is 0 Å². The molecule has 0 fully saturated rings. The van der Waals surface area contributed by atoms with Crippen molar-refractivity contribution in [1.29, 1.82) is 0 Å². The average molecular weight is 531 g/mol. The van der Waals surface area contributed by atoms with Crippen molar-refractivity contribution in [1.82, 2.24) is 15.0 Å². The lowest BCUT2D eigenvalue weighted by molar-refractivity contribution is 0.218. The molecule has 4 N–H and O–H groups in total. The van der Waals surface area contributed by atoms with Gasteiger partial charge in [-0.25, -0.2) is 4.98 Å². The van der Waals surface area contributed by atoms with Crippen molar-refractivity contribution in [2.75, 3.05) is 11.9 Å². The van der Waals surface area contributed by atoms with Crippen molar-refractivity contribution in [3.05, 3.63) is 92.7 Å². The Morgan fingerprint density at radius 3 is 2.34 bits per heavy atom. The van der Waals surface area contributed by atoms with Gasteiger partial charge in [-0.3, -0.25) is 9.78 Å². The average Bonchev–Trinajstić information content (AvgIpc) is 3.46. The second-order valence-electron chi connectivity index (χ2n) is 9.57. The Hall–Kier alpha value is -4.24. The van der Waals surface area contributed by atoms with Gasteiger partial charge in [0, 0.05) is 24.7 Å². The van der Waals surface area contributed by atoms with Crippen molar-refractivity contribution in [2.24, 2.45) is 5.92 Å². The van der Waals surface area contributed by atoms with Crippen LogP contribution in [-0.4, -0.2) is 26.6 Å². The van der Waals surface area contributed by atoms with Gasteiger partial charge < -0.3 is 24.9 Å². The van der Waals surface area contributed by atoms with Gasteiger partial charge >= 0.3 is 4.87 Å². The highest BCUT2D eigenvalue weighted by Gasteiger charge is 2.14. The van der Waals surface area contributed by atoms with E-state index in [0.29, 0.717) is 28.8 Å². The number of imidazole rings is 1. The molecule has 0 amide bonds. The zero-order valence-corrected chi connectivity index (χ0v) is 22.3. The first-order valence-corrected chi connectivity index (χ1v) is 13.3. The molecule has 0 saturated carbocycles. The minimum Gasteiger partial charge on any atom is -0.494 e. The molecule has 0 saturated heterocycles. The van der Waals surface area contributed by atoms with Crippen LogP contribution in [0.15, 0.2) is 71.5 Å². The van der Waals surface area contributed by atoms with Crippen LogP contribution in [0.1, 0.15) is 43.1 Å². The maximum Gasteiger partial charge on any atom is 0.307 e. The minimum atomic E-state index is -0.303. The number of fused-ring (bicyclic) bond motifs is 1. The van der Waals surface area contributed by atoms with Crippen molar-refractivity contribution in [3.63, 3.8) is 0 Å². The van der Waals surface area contributed by atoms with E-state index in [1.54, 1.807) is 0 Å². The number of hydrogen-bond acceptors (Lipinski definition) is 7. The molecule has 0 radical (unpaired) electrons. The van der Waals surface area contributed by atoms with Crippen LogP contribution in [0.3, 0.4) is 0 Å². The maximum absolute atomic E-state index is 11.4. The number of anilines is 1. The third-order valence-corrected chi connectivity index (χ3v) is 6.83. The summed E-state index contributed by atoms with van der Waals surface area (Å²) in [4.78, 5) is 22.2. The molecule has 1 atom stereocenters. The maximum atomic E-state index is 11.4. The highest BCUT2D eigenvalue weighted by molar-refractivity contribution is 7.09. The molecule has 38 heavy (non-hydrogen) atoms. The number of nitrogens with zero attached hydrogens (tertiary/aromatic N) is 1. The quantitative estimate of drug-likeness (QED) is 0.162. The van der Waals surface area contributed by atoms with Gasteiger partial charge in [-0.15, -0.1) is 0 Å². The summed E-state index contributed by atoms with van der Waals surface area (Å²) in [6.45, 7) is 7.22. The van der Waals surface area contributed by atoms with E-state index in [9.17, 15) is 9.90 Å². The van der Waals surface area contributed by atoms with Crippen molar-refractivity contribution in [2.45, 2.75) is 33.3 Å². The molecule has 3 aromatic carbocycles. The van der Waals surface area contributed by atoms with Crippen LogP contribution >= 0.6 is 11.3 Å². The second-order valence-corrected chi connectivity index (χ2v) is 10.6. The van der Waals surface area contributed by atoms with Gasteiger partial charge in [-0.05, 0) is 66.9 Å². The van der Waals surface area contributed by atoms with Crippen LogP contribution in [0, 0.1) is 5.92 Å². The number of thiazole rings is 1. The second kappa shape index (κ2) is 11.0. The number of H-pyrrole nitrogens is 2. The zero-order chi connectivity index (χ0) is 26.6. The Morgan fingerprint density at radius 2 is 1.66 bits per heavy atom. The summed E-state index contributed by atoms with van der Waals surface area (Å²) >= 11 is 1.01. The molecule has 5 aromatic rings. The number of aromatic hydroxyl groups is 1. The van der Waals surface area contributed by atoms with E-state index in [2.05, 4.69) is 34.1 Å². The molecular formula is C29H30N4O4S. The molecule has 0 aliphatic heterocycles. The molecule has 0 aliphatic carbocycles. The number of hydrogen-bond donors (Lipinski definition) is 4. The summed E-state index contributed by atoms with van der Waals surface area (Å²) in [5.41, 5.74) is 3.73. The zero-order valence-electron chi connectivity index (χ0n) is 21.4. The number of ether oxygens (including phenoxy) is 2. The molecule has 0 bridgehead atoms. The number of nitrogens with one attached hydrogen (secondary N) is 3. The Kier molecular flexibility index (Phi) is 7.37. The van der Waals surface area contributed by atoms with Crippen LogP contribution in [0.2, 0.25) is 0 Å². The van der Waals surface area contributed by atoms with Crippen molar-refractivity contribution >= 4 is 28.1 Å². The first-order chi connectivity index (χ1) is 18.3. The summed E-state index contributed by atoms with van der Waals surface area (Å²) in [6, 6.07) is 21.3. The predicted octanol–water partition coefficient (Wildman–Crippen LogP) is 6.61. The first kappa shape index (κ1) is 25.4. The molecule has 1 unspecified atom stereocenters. The van der Waals surface area contributed by atoms with Crippen LogP contribution in [-0.2, 0) is 6.42 Å². The van der Waals surface area contributed by atoms with Gasteiger partial charge in [0.05, 0.1) is 15.9 Å². The third kappa shape index (κ3) is 6.18. The fourth-order valence-corrected chi connectivity index (χ4v) is 4.72. The highest BCUT2D eigenvalue weighted by atomic mass is 32.1. The summed E-state index contributed by atoms with van der Waals surface area (Å²) in [5.74, 6) is 3.41. The van der Waals surface area contributed by atoms with Crippen LogP contribution < -0.4 is 19.7 Å². The molecule has 2 heterocycles. The summed E-state index contributed by atoms with van der Waals surface area (Å²) in [6.07, 6.45) is 0.167. The largest absolute Gasteiger partial charge is 0.494 e. The Labute approximate surface area is 224 Å². The fraction of sp³-hybridized carbons (Fsp3) is 0.241. The predicted molar refractivity (Wildman–Crippen MR) is 151 cm³/mol. The molecule has 5 rings (SSSR count). The van der Waals surface area contributed by atoms with Crippen molar-refractivity contribution < 1.29 is 14.6 Å². The third-order valence-electron chi connectivity index (χ3n) is 5.96.